The average Bonchev–Trinajstić information content (AvgIpc) is 2.64. The van der Waals surface area contributed by atoms with Crippen molar-refractivity contribution in [1.82, 2.24) is 9.78 Å². The number of rotatable bonds is 2. The van der Waals surface area contributed by atoms with Crippen molar-refractivity contribution in [3.63, 3.8) is 0 Å². The van der Waals surface area contributed by atoms with Crippen LogP contribution in [-0.2, 0) is 11.3 Å². The second-order valence-corrected chi connectivity index (χ2v) is 4.58. The van der Waals surface area contributed by atoms with Crippen molar-refractivity contribution in [3.05, 3.63) is 15.5 Å². The van der Waals surface area contributed by atoms with E-state index in [1.165, 1.54) is 12.0 Å². The monoisotopic (exact) mass is 292 g/mol. The molecule has 0 aromatic carbocycles. The Morgan fingerprint density at radius 3 is 3.15 bits per heavy atom. The third-order valence-corrected chi connectivity index (χ3v) is 3.42. The van der Waals surface area contributed by atoms with Crippen LogP contribution < -0.4 is 0 Å². The Morgan fingerprint density at radius 1 is 1.77 bits per heavy atom. The number of hydrogen-bond donors (Lipinski definition) is 0. The highest BCUT2D eigenvalue weighted by Crippen LogP contribution is 2.16. The van der Waals surface area contributed by atoms with Gasteiger partial charge in [0.05, 0.1) is 6.61 Å². The molecule has 0 radical (unpaired) electrons. The molecule has 1 saturated heterocycles. The molecule has 13 heavy (non-hydrogen) atoms. The first-order valence-corrected chi connectivity index (χ1v) is 5.61. The van der Waals surface area contributed by atoms with Gasteiger partial charge < -0.3 is 4.74 Å². The SMILES string of the molecule is Cc1cn(CC2CCOC2)nc1I. The molecule has 0 bridgehead atoms. The van der Waals surface area contributed by atoms with Gasteiger partial charge in [-0.2, -0.15) is 5.10 Å². The molecule has 1 aromatic rings. The van der Waals surface area contributed by atoms with Crippen molar-refractivity contribution in [2.24, 2.45) is 5.92 Å². The Kier molecular flexibility index (Phi) is 2.88. The van der Waals surface area contributed by atoms with Crippen LogP contribution in [-0.4, -0.2) is 23.0 Å². The van der Waals surface area contributed by atoms with Crippen molar-refractivity contribution in [1.29, 1.82) is 0 Å². The summed E-state index contributed by atoms with van der Waals surface area (Å²) < 4.78 is 8.47. The largest absolute Gasteiger partial charge is 0.381 e. The van der Waals surface area contributed by atoms with Gasteiger partial charge in [-0.1, -0.05) is 0 Å². The zero-order chi connectivity index (χ0) is 9.26. The quantitative estimate of drug-likeness (QED) is 0.778. The highest BCUT2D eigenvalue weighted by atomic mass is 127. The molecule has 0 spiro atoms. The van der Waals surface area contributed by atoms with Crippen LogP contribution in [0.2, 0.25) is 0 Å². The minimum absolute atomic E-state index is 0.662. The van der Waals surface area contributed by atoms with Crippen molar-refractivity contribution in [2.75, 3.05) is 13.2 Å². The van der Waals surface area contributed by atoms with E-state index in [4.69, 9.17) is 4.74 Å². The van der Waals surface area contributed by atoms with Gasteiger partial charge in [0.25, 0.3) is 0 Å². The molecule has 1 fully saturated rings. The standard InChI is InChI=1S/C9H13IN2O/c1-7-4-12(11-9(7)10)5-8-2-3-13-6-8/h4,8H,2-3,5-6H2,1H3. The second kappa shape index (κ2) is 3.96. The Hall–Kier alpha value is -0.100. The third kappa shape index (κ3) is 2.22. The maximum absolute atomic E-state index is 5.32. The van der Waals surface area contributed by atoms with Crippen LogP contribution in [0.4, 0.5) is 0 Å². The van der Waals surface area contributed by atoms with E-state index in [9.17, 15) is 0 Å². The lowest BCUT2D eigenvalue weighted by molar-refractivity contribution is 0.181. The van der Waals surface area contributed by atoms with Crippen LogP contribution in [0, 0.1) is 16.5 Å². The first kappa shape index (κ1) is 9.45. The van der Waals surface area contributed by atoms with Crippen molar-refractivity contribution < 1.29 is 4.74 Å². The van der Waals surface area contributed by atoms with Gasteiger partial charge in [0.15, 0.2) is 0 Å². The Bertz CT molecular complexity index is 272. The highest BCUT2D eigenvalue weighted by molar-refractivity contribution is 14.1. The molecule has 2 rings (SSSR count). The van der Waals surface area contributed by atoms with Gasteiger partial charge >= 0.3 is 0 Å². The predicted octanol–water partition coefficient (Wildman–Crippen LogP) is 1.83. The first-order chi connectivity index (χ1) is 6.25. The van der Waals surface area contributed by atoms with Gasteiger partial charge in [-0.15, -0.1) is 0 Å². The minimum Gasteiger partial charge on any atom is -0.381 e. The lowest BCUT2D eigenvalue weighted by atomic mass is 10.1. The van der Waals surface area contributed by atoms with Gasteiger partial charge in [-0.05, 0) is 35.9 Å². The lowest BCUT2D eigenvalue weighted by Gasteiger charge is -2.06. The second-order valence-electron chi connectivity index (χ2n) is 3.55. The summed E-state index contributed by atoms with van der Waals surface area (Å²) in [5.41, 5.74) is 1.26. The van der Waals surface area contributed by atoms with E-state index in [1.807, 2.05) is 4.68 Å². The van der Waals surface area contributed by atoms with Crippen LogP contribution >= 0.6 is 22.6 Å². The van der Waals surface area contributed by atoms with Crippen LogP contribution in [0.5, 0.6) is 0 Å². The lowest BCUT2D eigenvalue weighted by Crippen LogP contribution is -2.10. The molecule has 0 amide bonds. The van der Waals surface area contributed by atoms with Gasteiger partial charge in [0.1, 0.15) is 3.70 Å². The summed E-state index contributed by atoms with van der Waals surface area (Å²) in [6.07, 6.45) is 3.29. The molecule has 1 aromatic heterocycles. The zero-order valence-electron chi connectivity index (χ0n) is 7.66. The van der Waals surface area contributed by atoms with Gasteiger partial charge in [0, 0.05) is 30.8 Å². The fraction of sp³-hybridized carbons (Fsp3) is 0.667. The topological polar surface area (TPSA) is 27.1 Å². The summed E-state index contributed by atoms with van der Waals surface area (Å²) in [6, 6.07) is 0. The van der Waals surface area contributed by atoms with E-state index in [2.05, 4.69) is 40.8 Å². The molecule has 0 aliphatic carbocycles. The van der Waals surface area contributed by atoms with Gasteiger partial charge in [0.2, 0.25) is 0 Å². The summed E-state index contributed by atoms with van der Waals surface area (Å²) in [4.78, 5) is 0. The molecule has 72 valence electrons. The summed E-state index contributed by atoms with van der Waals surface area (Å²) in [7, 11) is 0. The Labute approximate surface area is 91.6 Å². The third-order valence-electron chi connectivity index (χ3n) is 2.35. The van der Waals surface area contributed by atoms with E-state index in [0.29, 0.717) is 5.92 Å². The predicted molar refractivity (Wildman–Crippen MR) is 58.6 cm³/mol. The molecule has 3 nitrogen and oxygen atoms in total. The number of halogens is 1. The fourth-order valence-corrected chi connectivity index (χ4v) is 2.00. The van der Waals surface area contributed by atoms with E-state index >= 15 is 0 Å². The molecule has 1 aliphatic heterocycles. The fourth-order valence-electron chi connectivity index (χ4n) is 1.58. The first-order valence-electron chi connectivity index (χ1n) is 4.53. The van der Waals surface area contributed by atoms with Gasteiger partial charge in [-0.3, -0.25) is 4.68 Å². The molecule has 4 heteroatoms. The van der Waals surface area contributed by atoms with Crippen molar-refractivity contribution in [3.8, 4) is 0 Å². The minimum atomic E-state index is 0.662. The maximum atomic E-state index is 5.32. The number of aryl methyl sites for hydroxylation is 1. The molecule has 0 saturated carbocycles. The van der Waals surface area contributed by atoms with Crippen LogP contribution in [0.15, 0.2) is 6.20 Å². The number of ether oxygens (including phenoxy) is 1. The summed E-state index contributed by atoms with van der Waals surface area (Å²) in [5.74, 6) is 0.662. The maximum Gasteiger partial charge on any atom is 0.126 e. The van der Waals surface area contributed by atoms with Crippen molar-refractivity contribution in [2.45, 2.75) is 19.9 Å². The van der Waals surface area contributed by atoms with E-state index in [1.54, 1.807) is 0 Å². The average molecular weight is 292 g/mol. The smallest absolute Gasteiger partial charge is 0.126 e. The Morgan fingerprint density at radius 2 is 2.62 bits per heavy atom. The number of hydrogen-bond acceptors (Lipinski definition) is 2. The van der Waals surface area contributed by atoms with E-state index < -0.39 is 0 Å². The highest BCUT2D eigenvalue weighted by Gasteiger charge is 2.16. The van der Waals surface area contributed by atoms with Crippen LogP contribution in [0.3, 0.4) is 0 Å². The molecule has 1 aliphatic rings. The zero-order valence-corrected chi connectivity index (χ0v) is 9.82. The van der Waals surface area contributed by atoms with E-state index in [-0.39, 0.29) is 0 Å². The van der Waals surface area contributed by atoms with Crippen LogP contribution in [0.25, 0.3) is 0 Å². The molecular weight excluding hydrogens is 279 g/mol. The molecule has 1 atom stereocenters. The summed E-state index contributed by atoms with van der Waals surface area (Å²) >= 11 is 2.27. The van der Waals surface area contributed by atoms with E-state index in [0.717, 1.165) is 23.5 Å². The Balaban J connectivity index is 2.00. The summed E-state index contributed by atoms with van der Waals surface area (Å²) in [5, 5.41) is 4.42. The normalized spacial score (nSPS) is 22.5. The number of nitrogens with zero attached hydrogens (tertiary/aromatic N) is 2. The number of aromatic nitrogens is 2. The summed E-state index contributed by atoms with van der Waals surface area (Å²) in [6.45, 7) is 4.91. The van der Waals surface area contributed by atoms with Crippen molar-refractivity contribution >= 4 is 22.6 Å². The van der Waals surface area contributed by atoms with Gasteiger partial charge in [-0.25, -0.2) is 0 Å². The molecule has 1 unspecified atom stereocenters. The van der Waals surface area contributed by atoms with Crippen LogP contribution in [0.1, 0.15) is 12.0 Å². The molecular formula is C9H13IN2O. The molecule has 0 N–H and O–H groups in total. The molecule has 2 heterocycles.